The van der Waals surface area contributed by atoms with Gasteiger partial charge in [-0.2, -0.15) is 0 Å². The lowest BCUT2D eigenvalue weighted by atomic mass is 9.96. The number of aryl methyl sites for hydroxylation is 1. The van der Waals surface area contributed by atoms with E-state index < -0.39 is 0 Å². The monoisotopic (exact) mass is 358 g/mol. The second-order valence-electron chi connectivity index (χ2n) is 6.43. The number of aliphatic imine (C=N–C) groups is 1. The Balaban J connectivity index is 1.81. The summed E-state index contributed by atoms with van der Waals surface area (Å²) in [6.07, 6.45) is 6.77. The van der Waals surface area contributed by atoms with E-state index in [1.807, 2.05) is 12.1 Å². The van der Waals surface area contributed by atoms with Crippen LogP contribution in [-0.4, -0.2) is 15.7 Å². The fourth-order valence-corrected chi connectivity index (χ4v) is 3.26. The molecular weight excluding hydrogens is 339 g/mol. The van der Waals surface area contributed by atoms with Crippen LogP contribution in [0.1, 0.15) is 35.6 Å². The summed E-state index contributed by atoms with van der Waals surface area (Å²) >= 11 is 0. The van der Waals surface area contributed by atoms with E-state index in [1.165, 1.54) is 12.1 Å². The number of hydrogen-bond donors (Lipinski definition) is 1. The Morgan fingerprint density at radius 1 is 1.00 bits per heavy atom. The molecule has 27 heavy (non-hydrogen) atoms. The molecule has 0 spiro atoms. The van der Waals surface area contributed by atoms with Crippen molar-refractivity contribution in [2.45, 2.75) is 19.8 Å². The molecule has 4 nitrogen and oxygen atoms in total. The number of aromatic nitrogens is 2. The molecule has 0 radical (unpaired) electrons. The van der Waals surface area contributed by atoms with E-state index in [9.17, 15) is 4.39 Å². The minimum Gasteiger partial charge on any atom is -0.383 e. The summed E-state index contributed by atoms with van der Waals surface area (Å²) in [5.74, 6) is 0.306. The Bertz CT molecular complexity index is 1040. The third kappa shape index (κ3) is 3.36. The molecule has 5 heteroatoms. The van der Waals surface area contributed by atoms with Gasteiger partial charge < -0.3 is 5.73 Å². The number of nitrogens with zero attached hydrogens (tertiary/aromatic N) is 3. The molecule has 134 valence electrons. The maximum absolute atomic E-state index is 13.3. The number of hydrogen-bond acceptors (Lipinski definition) is 4. The number of anilines is 1. The van der Waals surface area contributed by atoms with Crippen LogP contribution < -0.4 is 5.73 Å². The van der Waals surface area contributed by atoms with Gasteiger partial charge >= 0.3 is 0 Å². The van der Waals surface area contributed by atoms with Gasteiger partial charge in [-0.05, 0) is 59.0 Å². The summed E-state index contributed by atoms with van der Waals surface area (Å²) in [5.41, 5.74) is 12.8. The number of allylic oxidation sites excluding steroid dienone is 1. The first-order valence-corrected chi connectivity index (χ1v) is 8.87. The highest BCUT2D eigenvalue weighted by molar-refractivity contribution is 6.16. The second kappa shape index (κ2) is 7.11. The molecule has 1 aliphatic rings. The molecule has 2 N–H and O–H groups in total. The minimum absolute atomic E-state index is 0.254. The molecule has 3 heterocycles. The van der Waals surface area contributed by atoms with Crippen molar-refractivity contribution in [3.05, 3.63) is 89.1 Å². The topological polar surface area (TPSA) is 64.2 Å². The molecule has 1 aromatic carbocycles. The van der Waals surface area contributed by atoms with Crippen LogP contribution in [0.3, 0.4) is 0 Å². The average molecular weight is 358 g/mol. The fourth-order valence-electron chi connectivity index (χ4n) is 3.26. The van der Waals surface area contributed by atoms with Crippen LogP contribution in [0, 0.1) is 5.82 Å². The first-order chi connectivity index (χ1) is 13.2. The smallest absolute Gasteiger partial charge is 0.126 e. The van der Waals surface area contributed by atoms with Crippen LogP contribution >= 0.6 is 0 Å². The summed E-state index contributed by atoms with van der Waals surface area (Å²) in [7, 11) is 0. The van der Waals surface area contributed by atoms with Crippen molar-refractivity contribution in [3.8, 4) is 0 Å². The van der Waals surface area contributed by atoms with Gasteiger partial charge in [-0.3, -0.25) is 9.98 Å². The van der Waals surface area contributed by atoms with Crippen LogP contribution in [0.4, 0.5) is 10.2 Å². The molecule has 0 saturated heterocycles. The third-order valence-corrected chi connectivity index (χ3v) is 4.74. The molecule has 1 aliphatic heterocycles. The summed E-state index contributed by atoms with van der Waals surface area (Å²) in [6, 6.07) is 12.4. The Kier molecular flexibility index (Phi) is 4.50. The molecule has 0 aliphatic carbocycles. The average Bonchev–Trinajstić information content (AvgIpc) is 3.15. The van der Waals surface area contributed by atoms with Gasteiger partial charge in [0.1, 0.15) is 11.6 Å². The van der Waals surface area contributed by atoms with Gasteiger partial charge in [-0.15, -0.1) is 0 Å². The Morgan fingerprint density at radius 3 is 2.44 bits per heavy atom. The first-order valence-electron chi connectivity index (χ1n) is 8.87. The number of nitrogens with two attached hydrogens (primary N) is 1. The second-order valence-corrected chi connectivity index (χ2v) is 6.43. The standard InChI is InChI=1S/C22H19FN4/c1-2-14-11-17(13-26-22(14)24)19-12-20(15-3-5-18(23)6-4-15)27-21(19)16-7-9-25-10-8-16/h3-11,13H,2,12H2,1H3,(H2,24,26). The van der Waals surface area contributed by atoms with E-state index >= 15 is 0 Å². The van der Waals surface area contributed by atoms with E-state index in [4.69, 9.17) is 10.7 Å². The van der Waals surface area contributed by atoms with Crippen molar-refractivity contribution < 1.29 is 4.39 Å². The molecule has 3 aromatic rings. The molecule has 2 aromatic heterocycles. The summed E-state index contributed by atoms with van der Waals surface area (Å²) in [4.78, 5) is 13.3. The van der Waals surface area contributed by atoms with Gasteiger partial charge in [-0.25, -0.2) is 9.37 Å². The quantitative estimate of drug-likeness (QED) is 0.746. The van der Waals surface area contributed by atoms with E-state index in [2.05, 4.69) is 23.0 Å². The van der Waals surface area contributed by atoms with Crippen LogP contribution in [0.5, 0.6) is 0 Å². The van der Waals surface area contributed by atoms with Crippen LogP contribution in [0.15, 0.2) is 66.0 Å². The largest absolute Gasteiger partial charge is 0.383 e. The Labute approximate surface area is 157 Å². The van der Waals surface area contributed by atoms with E-state index in [0.717, 1.165) is 45.7 Å². The zero-order valence-corrected chi connectivity index (χ0v) is 15.0. The highest BCUT2D eigenvalue weighted by atomic mass is 19.1. The van der Waals surface area contributed by atoms with Gasteiger partial charge in [0, 0.05) is 30.6 Å². The molecule has 0 fully saturated rings. The minimum atomic E-state index is -0.254. The molecular formula is C22H19FN4. The SMILES string of the molecule is CCc1cc(C2=C(c3ccncc3)N=C(c3ccc(F)cc3)C2)cnc1N. The molecule has 0 atom stereocenters. The number of nitrogen functional groups attached to an aromatic ring is 1. The first kappa shape index (κ1) is 17.1. The third-order valence-electron chi connectivity index (χ3n) is 4.74. The van der Waals surface area contributed by atoms with E-state index in [1.54, 1.807) is 30.7 Å². The molecule has 0 unspecified atom stereocenters. The van der Waals surface area contributed by atoms with E-state index in [-0.39, 0.29) is 5.82 Å². The van der Waals surface area contributed by atoms with Crippen molar-refractivity contribution in [3.63, 3.8) is 0 Å². The number of benzene rings is 1. The van der Waals surface area contributed by atoms with Gasteiger partial charge in [0.15, 0.2) is 0 Å². The predicted molar refractivity (Wildman–Crippen MR) is 107 cm³/mol. The van der Waals surface area contributed by atoms with Gasteiger partial charge in [0.2, 0.25) is 0 Å². The number of pyridine rings is 2. The van der Waals surface area contributed by atoms with Gasteiger partial charge in [0.05, 0.1) is 11.4 Å². The fraction of sp³-hybridized carbons (Fsp3) is 0.136. The maximum Gasteiger partial charge on any atom is 0.126 e. The van der Waals surface area contributed by atoms with Crippen molar-refractivity contribution in [2.24, 2.45) is 4.99 Å². The molecule has 0 bridgehead atoms. The lowest BCUT2D eigenvalue weighted by molar-refractivity contribution is 0.628. The number of rotatable bonds is 4. The van der Waals surface area contributed by atoms with Gasteiger partial charge in [-0.1, -0.05) is 19.1 Å². The van der Waals surface area contributed by atoms with Crippen molar-refractivity contribution >= 4 is 22.8 Å². The molecule has 4 rings (SSSR count). The van der Waals surface area contributed by atoms with Crippen molar-refractivity contribution in [1.82, 2.24) is 9.97 Å². The lowest BCUT2D eigenvalue weighted by Crippen LogP contribution is -2.01. The zero-order chi connectivity index (χ0) is 18.8. The zero-order valence-electron chi connectivity index (χ0n) is 15.0. The maximum atomic E-state index is 13.3. The van der Waals surface area contributed by atoms with Crippen molar-refractivity contribution in [1.29, 1.82) is 0 Å². The molecule has 0 amide bonds. The summed E-state index contributed by atoms with van der Waals surface area (Å²) in [6.45, 7) is 2.06. The Morgan fingerprint density at radius 2 is 1.74 bits per heavy atom. The van der Waals surface area contributed by atoms with Crippen LogP contribution in [0.25, 0.3) is 11.3 Å². The summed E-state index contributed by atoms with van der Waals surface area (Å²) < 4.78 is 13.3. The van der Waals surface area contributed by atoms with E-state index in [0.29, 0.717) is 12.2 Å². The number of halogens is 1. The normalized spacial score (nSPS) is 13.8. The molecule has 0 saturated carbocycles. The van der Waals surface area contributed by atoms with Crippen LogP contribution in [0.2, 0.25) is 0 Å². The van der Waals surface area contributed by atoms with Crippen molar-refractivity contribution in [2.75, 3.05) is 5.73 Å². The highest BCUT2D eigenvalue weighted by Crippen LogP contribution is 2.37. The highest BCUT2D eigenvalue weighted by Gasteiger charge is 2.22. The van der Waals surface area contributed by atoms with Gasteiger partial charge in [0.25, 0.3) is 0 Å². The lowest BCUT2D eigenvalue weighted by Gasteiger charge is -2.09. The summed E-state index contributed by atoms with van der Waals surface area (Å²) in [5, 5.41) is 0. The Hall–Kier alpha value is -3.34. The predicted octanol–water partition coefficient (Wildman–Crippen LogP) is 4.52. The van der Waals surface area contributed by atoms with Crippen LogP contribution in [-0.2, 0) is 6.42 Å².